The van der Waals surface area contributed by atoms with Crippen LogP contribution in [-0.4, -0.2) is 23.0 Å². The van der Waals surface area contributed by atoms with Crippen molar-refractivity contribution >= 4 is 22.6 Å². The maximum atomic E-state index is 11.5. The molecule has 4 rings (SSSR count). The molecular weight excluding hydrogens is 364 g/mol. The van der Waals surface area contributed by atoms with Gasteiger partial charge in [0.05, 0.1) is 12.6 Å². The SMILES string of the molecule is COc1ncc(-c2ccc3nc(N)c(-c4cccc(C(N)=O)c4)cc3c2)cc1C. The van der Waals surface area contributed by atoms with Crippen LogP contribution in [0.5, 0.6) is 5.88 Å². The summed E-state index contributed by atoms with van der Waals surface area (Å²) in [5.74, 6) is 0.526. The number of fused-ring (bicyclic) bond motifs is 1. The molecule has 0 aliphatic heterocycles. The fourth-order valence-electron chi connectivity index (χ4n) is 3.38. The predicted octanol–water partition coefficient (Wildman–Crippen LogP) is 3.96. The number of amides is 1. The molecule has 6 heteroatoms. The quantitative estimate of drug-likeness (QED) is 0.554. The fraction of sp³-hybridized carbons (Fsp3) is 0.0870. The van der Waals surface area contributed by atoms with Gasteiger partial charge in [-0.2, -0.15) is 0 Å². The summed E-state index contributed by atoms with van der Waals surface area (Å²) in [7, 11) is 1.61. The number of rotatable bonds is 4. The van der Waals surface area contributed by atoms with Crippen LogP contribution in [0.4, 0.5) is 5.82 Å². The Kier molecular flexibility index (Phi) is 4.60. The van der Waals surface area contributed by atoms with Gasteiger partial charge < -0.3 is 16.2 Å². The molecule has 0 spiro atoms. The van der Waals surface area contributed by atoms with Crippen molar-refractivity contribution in [3.63, 3.8) is 0 Å². The number of nitrogens with two attached hydrogens (primary N) is 2. The van der Waals surface area contributed by atoms with Crippen molar-refractivity contribution in [2.45, 2.75) is 6.92 Å². The number of methoxy groups -OCH3 is 1. The van der Waals surface area contributed by atoms with Gasteiger partial charge in [-0.3, -0.25) is 4.79 Å². The number of nitrogens with zero attached hydrogens (tertiary/aromatic N) is 2. The standard InChI is InChI=1S/C23H20N4O2/c1-13-8-18(12-26-23(13)29-2)14-6-7-20-17(9-14)11-19(21(24)27-20)15-4-3-5-16(10-15)22(25)28/h3-12H,1-2H3,(H2,24,27)(H2,25,28). The number of carbonyl (C=O) groups is 1. The average molecular weight is 384 g/mol. The Morgan fingerprint density at radius 1 is 1.00 bits per heavy atom. The second-order valence-corrected chi connectivity index (χ2v) is 6.82. The molecular formula is C23H20N4O2. The summed E-state index contributed by atoms with van der Waals surface area (Å²) in [4.78, 5) is 20.4. The Hall–Kier alpha value is -3.93. The summed E-state index contributed by atoms with van der Waals surface area (Å²) in [6.07, 6.45) is 1.79. The third kappa shape index (κ3) is 3.48. The van der Waals surface area contributed by atoms with E-state index in [9.17, 15) is 4.79 Å². The minimum atomic E-state index is -0.483. The number of benzene rings is 2. The molecule has 1 amide bonds. The van der Waals surface area contributed by atoms with E-state index in [1.807, 2.05) is 43.3 Å². The van der Waals surface area contributed by atoms with Gasteiger partial charge in [-0.15, -0.1) is 0 Å². The molecule has 4 aromatic rings. The van der Waals surface area contributed by atoms with Crippen LogP contribution in [0.25, 0.3) is 33.2 Å². The lowest BCUT2D eigenvalue weighted by molar-refractivity contribution is 0.100. The zero-order valence-electron chi connectivity index (χ0n) is 16.1. The van der Waals surface area contributed by atoms with E-state index in [0.29, 0.717) is 17.3 Å². The highest BCUT2D eigenvalue weighted by Crippen LogP contribution is 2.32. The van der Waals surface area contributed by atoms with Crippen molar-refractivity contribution in [2.24, 2.45) is 5.73 Å². The molecule has 0 atom stereocenters. The van der Waals surface area contributed by atoms with Crippen molar-refractivity contribution in [1.29, 1.82) is 0 Å². The molecule has 0 bridgehead atoms. The molecule has 0 aliphatic rings. The summed E-state index contributed by atoms with van der Waals surface area (Å²) in [5, 5.41) is 0.935. The smallest absolute Gasteiger partial charge is 0.248 e. The van der Waals surface area contributed by atoms with Crippen LogP contribution in [0.15, 0.2) is 60.8 Å². The number of aryl methyl sites for hydroxylation is 1. The minimum Gasteiger partial charge on any atom is -0.481 e. The molecule has 2 aromatic heterocycles. The first-order chi connectivity index (χ1) is 14.0. The van der Waals surface area contributed by atoms with Crippen molar-refractivity contribution in [1.82, 2.24) is 9.97 Å². The first-order valence-electron chi connectivity index (χ1n) is 9.08. The lowest BCUT2D eigenvalue weighted by Crippen LogP contribution is -2.10. The number of anilines is 1. The van der Waals surface area contributed by atoms with Crippen LogP contribution >= 0.6 is 0 Å². The summed E-state index contributed by atoms with van der Waals surface area (Å²) >= 11 is 0. The number of primary amides is 1. The number of hydrogen-bond donors (Lipinski definition) is 2. The highest BCUT2D eigenvalue weighted by molar-refractivity contribution is 5.96. The number of pyridine rings is 2. The summed E-state index contributed by atoms with van der Waals surface area (Å²) in [5.41, 5.74) is 17.3. The first-order valence-corrected chi connectivity index (χ1v) is 9.08. The normalized spacial score (nSPS) is 10.8. The maximum absolute atomic E-state index is 11.5. The van der Waals surface area contributed by atoms with Gasteiger partial charge in [-0.05, 0) is 54.4 Å². The Morgan fingerprint density at radius 2 is 1.83 bits per heavy atom. The van der Waals surface area contributed by atoms with Crippen LogP contribution < -0.4 is 16.2 Å². The monoisotopic (exact) mass is 384 g/mol. The van der Waals surface area contributed by atoms with E-state index in [0.717, 1.165) is 38.7 Å². The molecule has 29 heavy (non-hydrogen) atoms. The van der Waals surface area contributed by atoms with E-state index in [4.69, 9.17) is 16.2 Å². The number of carbonyl (C=O) groups excluding carboxylic acids is 1. The molecule has 4 N–H and O–H groups in total. The largest absolute Gasteiger partial charge is 0.481 e. The number of ether oxygens (including phenoxy) is 1. The van der Waals surface area contributed by atoms with E-state index in [-0.39, 0.29) is 0 Å². The minimum absolute atomic E-state index is 0.397. The van der Waals surface area contributed by atoms with Crippen molar-refractivity contribution in [3.05, 3.63) is 71.9 Å². The van der Waals surface area contributed by atoms with E-state index >= 15 is 0 Å². The number of aromatic nitrogens is 2. The molecule has 2 aromatic carbocycles. The van der Waals surface area contributed by atoms with Gasteiger partial charge in [-0.25, -0.2) is 9.97 Å². The maximum Gasteiger partial charge on any atom is 0.248 e. The van der Waals surface area contributed by atoms with Gasteiger partial charge in [0.2, 0.25) is 11.8 Å². The third-order valence-corrected chi connectivity index (χ3v) is 4.86. The molecule has 0 saturated heterocycles. The molecule has 0 radical (unpaired) electrons. The molecule has 2 heterocycles. The molecule has 144 valence electrons. The van der Waals surface area contributed by atoms with Crippen LogP contribution in [-0.2, 0) is 0 Å². The summed E-state index contributed by atoms with van der Waals surface area (Å²) in [6, 6.07) is 17.0. The highest BCUT2D eigenvalue weighted by Gasteiger charge is 2.11. The summed E-state index contributed by atoms with van der Waals surface area (Å²) < 4.78 is 5.24. The van der Waals surface area contributed by atoms with Gasteiger partial charge in [0.15, 0.2) is 0 Å². The van der Waals surface area contributed by atoms with E-state index in [1.54, 1.807) is 31.5 Å². The Labute approximate surface area is 168 Å². The van der Waals surface area contributed by atoms with Gasteiger partial charge in [0.1, 0.15) is 5.82 Å². The first kappa shape index (κ1) is 18.4. The topological polar surface area (TPSA) is 104 Å². The third-order valence-electron chi connectivity index (χ3n) is 4.86. The van der Waals surface area contributed by atoms with Crippen molar-refractivity contribution in [2.75, 3.05) is 12.8 Å². The predicted molar refractivity (Wildman–Crippen MR) is 115 cm³/mol. The Morgan fingerprint density at radius 3 is 2.55 bits per heavy atom. The summed E-state index contributed by atoms with van der Waals surface area (Å²) in [6.45, 7) is 1.96. The van der Waals surface area contributed by atoms with Crippen molar-refractivity contribution < 1.29 is 9.53 Å². The van der Waals surface area contributed by atoms with Gasteiger partial charge in [0, 0.05) is 33.8 Å². The highest BCUT2D eigenvalue weighted by atomic mass is 16.5. The molecule has 0 fully saturated rings. The molecule has 0 aliphatic carbocycles. The Bertz CT molecular complexity index is 1250. The second-order valence-electron chi connectivity index (χ2n) is 6.82. The van der Waals surface area contributed by atoms with E-state index < -0.39 is 5.91 Å². The van der Waals surface area contributed by atoms with Crippen LogP contribution in [0.3, 0.4) is 0 Å². The van der Waals surface area contributed by atoms with Gasteiger partial charge in [0.25, 0.3) is 0 Å². The van der Waals surface area contributed by atoms with Crippen LogP contribution in [0, 0.1) is 6.92 Å². The van der Waals surface area contributed by atoms with Gasteiger partial charge >= 0.3 is 0 Å². The van der Waals surface area contributed by atoms with Crippen molar-refractivity contribution in [3.8, 4) is 28.1 Å². The zero-order chi connectivity index (χ0) is 20.5. The van der Waals surface area contributed by atoms with Crippen LogP contribution in [0.2, 0.25) is 0 Å². The lowest BCUT2D eigenvalue weighted by atomic mass is 9.99. The number of hydrogen-bond acceptors (Lipinski definition) is 5. The van der Waals surface area contributed by atoms with Gasteiger partial charge in [-0.1, -0.05) is 18.2 Å². The Balaban J connectivity index is 1.83. The average Bonchev–Trinajstić information content (AvgIpc) is 2.73. The lowest BCUT2D eigenvalue weighted by Gasteiger charge is -2.11. The molecule has 0 saturated carbocycles. The zero-order valence-corrected chi connectivity index (χ0v) is 16.1. The van der Waals surface area contributed by atoms with E-state index in [1.165, 1.54) is 0 Å². The fourth-order valence-corrected chi connectivity index (χ4v) is 3.38. The molecule has 0 unspecified atom stereocenters. The van der Waals surface area contributed by atoms with Crippen LogP contribution in [0.1, 0.15) is 15.9 Å². The van der Waals surface area contributed by atoms with E-state index in [2.05, 4.69) is 9.97 Å². The second kappa shape index (κ2) is 7.24. The molecule has 6 nitrogen and oxygen atoms in total. The number of nitrogen functional groups attached to an aromatic ring is 1.